The minimum Gasteiger partial charge on any atom is -0.456 e. The first-order valence-electron chi connectivity index (χ1n) is 19.5. The Hall–Kier alpha value is -7.04. The predicted molar refractivity (Wildman–Crippen MR) is 239 cm³/mol. The van der Waals surface area contributed by atoms with E-state index in [4.69, 9.17) is 4.42 Å². The van der Waals surface area contributed by atoms with Crippen molar-refractivity contribution in [3.63, 3.8) is 0 Å². The summed E-state index contributed by atoms with van der Waals surface area (Å²) in [6.45, 7) is 0. The summed E-state index contributed by atoms with van der Waals surface area (Å²) in [7, 11) is 0. The molecule has 271 valence electrons. The normalized spacial score (nSPS) is 11.7. The zero-order valence-corrected chi connectivity index (χ0v) is 32.8. The molecule has 4 heteroatoms. The zero-order chi connectivity index (χ0) is 37.5. The van der Waals surface area contributed by atoms with Crippen LogP contribution in [-0.2, 0) is 18.6 Å². The third-order valence-electron chi connectivity index (χ3n) is 11.7. The molecule has 0 N–H and O–H groups in total. The SMILES string of the molecule is [V].c1ccc(-c2cccc(-n3c4ccccc4c4cc(-c5ccc6oc7ccc(-n8c9ccccc9c9cc(-c%10ccccc%10)ccc98)cc7c6c5)ccc43)c2)cc1. The van der Waals surface area contributed by atoms with Gasteiger partial charge in [0, 0.05) is 62.2 Å². The molecule has 0 spiro atoms. The number of para-hydroxylation sites is 2. The zero-order valence-electron chi connectivity index (χ0n) is 31.4. The van der Waals surface area contributed by atoms with Crippen LogP contribution >= 0.6 is 0 Å². The van der Waals surface area contributed by atoms with Crippen molar-refractivity contribution in [2.45, 2.75) is 0 Å². The molecule has 0 saturated carbocycles. The maximum absolute atomic E-state index is 6.46. The van der Waals surface area contributed by atoms with Gasteiger partial charge in [0.05, 0.1) is 22.1 Å². The van der Waals surface area contributed by atoms with E-state index in [1.54, 1.807) is 0 Å². The molecule has 3 nitrogen and oxygen atoms in total. The van der Waals surface area contributed by atoms with Gasteiger partial charge >= 0.3 is 0 Å². The second kappa shape index (κ2) is 13.6. The van der Waals surface area contributed by atoms with Crippen LogP contribution in [0.4, 0.5) is 0 Å². The van der Waals surface area contributed by atoms with Crippen molar-refractivity contribution in [3.8, 4) is 44.8 Å². The molecule has 0 amide bonds. The van der Waals surface area contributed by atoms with Gasteiger partial charge in [-0.15, -0.1) is 0 Å². The summed E-state index contributed by atoms with van der Waals surface area (Å²) in [4.78, 5) is 0. The number of fused-ring (bicyclic) bond motifs is 9. The molecule has 0 saturated heterocycles. The molecule has 58 heavy (non-hydrogen) atoms. The fourth-order valence-corrected chi connectivity index (χ4v) is 9.03. The number of aromatic nitrogens is 2. The van der Waals surface area contributed by atoms with Gasteiger partial charge in [-0.25, -0.2) is 0 Å². The van der Waals surface area contributed by atoms with E-state index in [2.05, 4.69) is 215 Å². The van der Waals surface area contributed by atoms with E-state index in [9.17, 15) is 0 Å². The van der Waals surface area contributed by atoms with Crippen LogP contribution in [0.1, 0.15) is 0 Å². The molecule has 1 radical (unpaired) electrons. The maximum Gasteiger partial charge on any atom is 0.135 e. The number of hydrogen-bond acceptors (Lipinski definition) is 1. The fraction of sp³-hybridized carbons (Fsp3) is 0. The van der Waals surface area contributed by atoms with Crippen molar-refractivity contribution in [1.29, 1.82) is 0 Å². The topological polar surface area (TPSA) is 23.0 Å². The number of hydrogen-bond donors (Lipinski definition) is 0. The second-order valence-corrected chi connectivity index (χ2v) is 14.9. The summed E-state index contributed by atoms with van der Waals surface area (Å²) in [6, 6.07) is 74.5. The Kier molecular flexibility index (Phi) is 8.01. The van der Waals surface area contributed by atoms with Gasteiger partial charge in [0.2, 0.25) is 0 Å². The molecule has 0 aliphatic rings. The minimum atomic E-state index is 0. The van der Waals surface area contributed by atoms with Crippen LogP contribution in [0.15, 0.2) is 211 Å². The standard InChI is InChI=1S/C54H34N2O.V/c1-3-12-35(13-4-1)37-16-11-17-41(30-37)55-49-20-9-7-19-44(49)46-32-39(23-27-51(46)55)40-24-28-53-47(33-40)48-34-42(25-29-54(48)57-53)56-50-21-10-8-18-43(50)45-31-38(22-26-52(45)56)36-14-5-2-6-15-36;/h1-34H;. The van der Waals surface area contributed by atoms with E-state index in [-0.39, 0.29) is 18.6 Å². The number of rotatable bonds is 5. The van der Waals surface area contributed by atoms with E-state index in [0.29, 0.717) is 0 Å². The molecular weight excluding hydrogens is 744 g/mol. The molecule has 12 rings (SSSR count). The van der Waals surface area contributed by atoms with Crippen LogP contribution in [0.5, 0.6) is 0 Å². The Labute approximate surface area is 346 Å². The first-order chi connectivity index (χ1) is 28.2. The summed E-state index contributed by atoms with van der Waals surface area (Å²) in [5, 5.41) is 7.16. The summed E-state index contributed by atoms with van der Waals surface area (Å²) in [5.41, 5.74) is 16.0. The molecule has 0 fully saturated rings. The molecule has 12 aromatic rings. The van der Waals surface area contributed by atoms with Crippen molar-refractivity contribution >= 4 is 65.6 Å². The number of benzene rings is 9. The Balaban J connectivity index is 0.00000385. The van der Waals surface area contributed by atoms with Gasteiger partial charge in [-0.3, -0.25) is 0 Å². The van der Waals surface area contributed by atoms with Crippen molar-refractivity contribution in [2.24, 2.45) is 0 Å². The Morgan fingerprint density at radius 3 is 1.28 bits per heavy atom. The average Bonchev–Trinajstić information content (AvgIpc) is 3.93. The molecule has 0 unspecified atom stereocenters. The summed E-state index contributed by atoms with van der Waals surface area (Å²) >= 11 is 0. The molecular formula is C54H34N2OV. The molecule has 9 aromatic carbocycles. The van der Waals surface area contributed by atoms with Crippen LogP contribution in [0.2, 0.25) is 0 Å². The molecule has 3 heterocycles. The van der Waals surface area contributed by atoms with Crippen molar-refractivity contribution in [1.82, 2.24) is 9.13 Å². The smallest absolute Gasteiger partial charge is 0.135 e. The third kappa shape index (κ3) is 5.36. The van der Waals surface area contributed by atoms with Gasteiger partial charge in [-0.2, -0.15) is 0 Å². The van der Waals surface area contributed by atoms with E-state index < -0.39 is 0 Å². The molecule has 0 aliphatic heterocycles. The Morgan fingerprint density at radius 2 is 0.672 bits per heavy atom. The van der Waals surface area contributed by atoms with E-state index in [1.807, 2.05) is 0 Å². The Morgan fingerprint density at radius 1 is 0.259 bits per heavy atom. The van der Waals surface area contributed by atoms with Crippen LogP contribution < -0.4 is 0 Å². The van der Waals surface area contributed by atoms with Crippen LogP contribution in [0.25, 0.3) is 110 Å². The first kappa shape index (κ1) is 34.2. The molecule has 0 aliphatic carbocycles. The van der Waals surface area contributed by atoms with Gasteiger partial charge in [-0.1, -0.05) is 127 Å². The third-order valence-corrected chi connectivity index (χ3v) is 11.7. The predicted octanol–water partition coefficient (Wildman–Crippen LogP) is 14.8. The van der Waals surface area contributed by atoms with E-state index in [0.717, 1.165) is 38.9 Å². The van der Waals surface area contributed by atoms with Gasteiger partial charge in [0.25, 0.3) is 0 Å². The summed E-state index contributed by atoms with van der Waals surface area (Å²) in [6.07, 6.45) is 0. The van der Waals surface area contributed by atoms with Gasteiger partial charge < -0.3 is 13.6 Å². The largest absolute Gasteiger partial charge is 0.456 e. The maximum atomic E-state index is 6.46. The van der Waals surface area contributed by atoms with Crippen molar-refractivity contribution in [2.75, 3.05) is 0 Å². The van der Waals surface area contributed by atoms with Crippen LogP contribution in [-0.4, -0.2) is 9.13 Å². The monoisotopic (exact) mass is 777 g/mol. The average molecular weight is 778 g/mol. The number of furan rings is 1. The van der Waals surface area contributed by atoms with Gasteiger partial charge in [-0.05, 0) is 112 Å². The van der Waals surface area contributed by atoms with Crippen LogP contribution in [0, 0.1) is 0 Å². The quantitative estimate of drug-likeness (QED) is 0.171. The Bertz CT molecular complexity index is 3520. The fourth-order valence-electron chi connectivity index (χ4n) is 9.03. The van der Waals surface area contributed by atoms with E-state index >= 15 is 0 Å². The molecule has 0 atom stereocenters. The van der Waals surface area contributed by atoms with Gasteiger partial charge in [0.1, 0.15) is 11.2 Å². The van der Waals surface area contributed by atoms with E-state index in [1.165, 1.54) is 71.4 Å². The second-order valence-electron chi connectivity index (χ2n) is 14.9. The van der Waals surface area contributed by atoms with Crippen molar-refractivity contribution < 1.29 is 23.0 Å². The van der Waals surface area contributed by atoms with Crippen LogP contribution in [0.3, 0.4) is 0 Å². The summed E-state index contributed by atoms with van der Waals surface area (Å²) < 4.78 is 11.2. The minimum absolute atomic E-state index is 0. The molecule has 0 bridgehead atoms. The first-order valence-corrected chi connectivity index (χ1v) is 19.5. The number of nitrogens with zero attached hydrogens (tertiary/aromatic N) is 2. The van der Waals surface area contributed by atoms with Gasteiger partial charge in [0.15, 0.2) is 0 Å². The summed E-state index contributed by atoms with van der Waals surface area (Å²) in [5.74, 6) is 0. The molecule has 3 aromatic heterocycles. The van der Waals surface area contributed by atoms with Crippen molar-refractivity contribution in [3.05, 3.63) is 206 Å².